The molecule has 0 bridgehead atoms. The van der Waals surface area contributed by atoms with E-state index in [1.54, 1.807) is 0 Å². The first-order valence-electron chi connectivity index (χ1n) is 6.72. The molecule has 0 fully saturated rings. The average molecular weight is 275 g/mol. The van der Waals surface area contributed by atoms with Gasteiger partial charge in [0.05, 0.1) is 0 Å². The molecule has 0 spiro atoms. The van der Waals surface area contributed by atoms with E-state index in [9.17, 15) is 8.78 Å². The van der Waals surface area contributed by atoms with Gasteiger partial charge >= 0.3 is 0 Å². The van der Waals surface area contributed by atoms with Crippen molar-refractivity contribution in [2.45, 2.75) is 33.4 Å². The smallest absolute Gasteiger partial charge is 0.130 e. The van der Waals surface area contributed by atoms with Crippen LogP contribution in [-0.4, -0.2) is 0 Å². The van der Waals surface area contributed by atoms with Crippen molar-refractivity contribution >= 4 is 0 Å². The molecule has 106 valence electrons. The summed E-state index contributed by atoms with van der Waals surface area (Å²) in [6, 6.07) is 10.2. The summed E-state index contributed by atoms with van der Waals surface area (Å²) in [6.45, 7) is 6.25. The number of benzene rings is 2. The van der Waals surface area contributed by atoms with Gasteiger partial charge in [0.2, 0.25) is 0 Å². The molecular formula is C17H19F2N. The molecule has 1 atom stereocenters. The highest BCUT2D eigenvalue weighted by Gasteiger charge is 2.12. The lowest BCUT2D eigenvalue weighted by Gasteiger charge is -2.18. The van der Waals surface area contributed by atoms with Gasteiger partial charge in [0.25, 0.3) is 0 Å². The second kappa shape index (κ2) is 6.14. The molecule has 0 aliphatic carbocycles. The number of hydrogen-bond acceptors (Lipinski definition) is 1. The van der Waals surface area contributed by atoms with Crippen LogP contribution in [0.4, 0.5) is 8.78 Å². The van der Waals surface area contributed by atoms with Gasteiger partial charge in [0.1, 0.15) is 11.6 Å². The van der Waals surface area contributed by atoms with Crippen molar-refractivity contribution in [3.8, 4) is 0 Å². The molecule has 1 nitrogen and oxygen atoms in total. The van der Waals surface area contributed by atoms with Crippen molar-refractivity contribution < 1.29 is 8.78 Å². The number of nitrogens with one attached hydrogen (secondary N) is 1. The predicted octanol–water partition coefficient (Wildman–Crippen LogP) is 4.43. The van der Waals surface area contributed by atoms with Crippen molar-refractivity contribution in [1.29, 1.82) is 0 Å². The highest BCUT2D eigenvalue weighted by Crippen LogP contribution is 2.20. The predicted molar refractivity (Wildman–Crippen MR) is 77.5 cm³/mol. The van der Waals surface area contributed by atoms with Crippen LogP contribution >= 0.6 is 0 Å². The molecule has 0 saturated carbocycles. The first-order valence-corrected chi connectivity index (χ1v) is 6.72. The third-order valence-corrected chi connectivity index (χ3v) is 3.55. The van der Waals surface area contributed by atoms with E-state index < -0.39 is 11.6 Å². The summed E-state index contributed by atoms with van der Waals surface area (Å²) in [7, 11) is 0. The zero-order chi connectivity index (χ0) is 14.7. The molecule has 0 saturated heterocycles. The number of halogens is 2. The topological polar surface area (TPSA) is 12.0 Å². The van der Waals surface area contributed by atoms with Crippen molar-refractivity contribution in [3.63, 3.8) is 0 Å². The lowest BCUT2D eigenvalue weighted by molar-refractivity contribution is 0.508. The molecule has 0 heterocycles. The van der Waals surface area contributed by atoms with Crippen molar-refractivity contribution in [3.05, 3.63) is 70.3 Å². The van der Waals surface area contributed by atoms with E-state index >= 15 is 0 Å². The van der Waals surface area contributed by atoms with Crippen molar-refractivity contribution in [2.75, 3.05) is 0 Å². The van der Waals surface area contributed by atoms with E-state index in [4.69, 9.17) is 0 Å². The monoisotopic (exact) mass is 275 g/mol. The first kappa shape index (κ1) is 14.7. The number of rotatable bonds is 4. The van der Waals surface area contributed by atoms with Gasteiger partial charge in [-0.25, -0.2) is 8.78 Å². The third-order valence-electron chi connectivity index (χ3n) is 3.55. The third kappa shape index (κ3) is 3.23. The summed E-state index contributed by atoms with van der Waals surface area (Å²) >= 11 is 0. The minimum absolute atomic E-state index is 0.0360. The molecule has 0 aliphatic rings. The van der Waals surface area contributed by atoms with Crippen molar-refractivity contribution in [2.24, 2.45) is 0 Å². The van der Waals surface area contributed by atoms with Gasteiger partial charge in [-0.2, -0.15) is 0 Å². The molecule has 3 heteroatoms. The maximum atomic E-state index is 13.6. The molecule has 0 aliphatic heterocycles. The normalized spacial score (nSPS) is 12.4. The Morgan fingerprint density at radius 1 is 1.05 bits per heavy atom. The average Bonchev–Trinajstić information content (AvgIpc) is 2.40. The fourth-order valence-corrected chi connectivity index (χ4v) is 2.29. The lowest BCUT2D eigenvalue weighted by Crippen LogP contribution is -2.20. The van der Waals surface area contributed by atoms with Gasteiger partial charge in [-0.15, -0.1) is 0 Å². The van der Waals surface area contributed by atoms with Crippen LogP contribution in [0.5, 0.6) is 0 Å². The zero-order valence-corrected chi connectivity index (χ0v) is 12.0. The van der Waals surface area contributed by atoms with E-state index in [1.807, 2.05) is 20.8 Å². The van der Waals surface area contributed by atoms with E-state index in [0.29, 0.717) is 0 Å². The van der Waals surface area contributed by atoms with E-state index in [2.05, 4.69) is 23.5 Å². The minimum atomic E-state index is -0.509. The Hall–Kier alpha value is -1.74. The van der Waals surface area contributed by atoms with Crippen LogP contribution in [0.25, 0.3) is 0 Å². The molecule has 0 amide bonds. The van der Waals surface area contributed by atoms with Crippen molar-refractivity contribution in [1.82, 2.24) is 5.32 Å². The largest absolute Gasteiger partial charge is 0.306 e. The Morgan fingerprint density at radius 2 is 1.70 bits per heavy atom. The SMILES string of the molecule is Cc1ccc(C)c(C(C)NCc2c(F)cccc2F)c1. The summed E-state index contributed by atoms with van der Waals surface area (Å²) in [6.07, 6.45) is 0. The van der Waals surface area contributed by atoms with Crippen LogP contribution in [0.2, 0.25) is 0 Å². The van der Waals surface area contributed by atoms with Crippen LogP contribution in [-0.2, 0) is 6.54 Å². The first-order chi connectivity index (χ1) is 9.49. The van der Waals surface area contributed by atoms with Gasteiger partial charge in [0.15, 0.2) is 0 Å². The van der Waals surface area contributed by atoms with Gasteiger partial charge in [-0.3, -0.25) is 0 Å². The summed E-state index contributed by atoms with van der Waals surface area (Å²) in [5, 5.41) is 3.18. The van der Waals surface area contributed by atoms with Gasteiger partial charge in [0, 0.05) is 18.2 Å². The van der Waals surface area contributed by atoms with E-state index in [-0.39, 0.29) is 18.2 Å². The second-order valence-corrected chi connectivity index (χ2v) is 5.16. The fraction of sp³-hybridized carbons (Fsp3) is 0.294. The summed E-state index contributed by atoms with van der Waals surface area (Å²) in [5.41, 5.74) is 3.59. The number of aryl methyl sites for hydroxylation is 2. The Morgan fingerprint density at radius 3 is 2.35 bits per heavy atom. The maximum absolute atomic E-state index is 13.6. The Bertz CT molecular complexity index is 588. The molecule has 2 aromatic rings. The molecule has 0 aromatic heterocycles. The number of hydrogen-bond donors (Lipinski definition) is 1. The van der Waals surface area contributed by atoms with E-state index in [1.165, 1.54) is 29.3 Å². The quantitative estimate of drug-likeness (QED) is 0.870. The second-order valence-electron chi connectivity index (χ2n) is 5.16. The van der Waals surface area contributed by atoms with E-state index in [0.717, 1.165) is 5.56 Å². The molecule has 2 aromatic carbocycles. The molecular weight excluding hydrogens is 256 g/mol. The van der Waals surface area contributed by atoms with Gasteiger partial charge < -0.3 is 5.32 Å². The fourth-order valence-electron chi connectivity index (χ4n) is 2.29. The van der Waals surface area contributed by atoms with Crippen LogP contribution in [0.15, 0.2) is 36.4 Å². The molecule has 20 heavy (non-hydrogen) atoms. The van der Waals surface area contributed by atoms with Crippen LogP contribution in [0.1, 0.15) is 35.2 Å². The zero-order valence-electron chi connectivity index (χ0n) is 12.0. The standard InChI is InChI=1S/C17H19F2N/c1-11-7-8-12(2)14(9-11)13(3)20-10-15-16(18)5-4-6-17(15)19/h4-9,13,20H,10H2,1-3H3. The summed E-state index contributed by atoms with van der Waals surface area (Å²) in [4.78, 5) is 0. The lowest BCUT2D eigenvalue weighted by atomic mass is 10.00. The van der Waals surface area contributed by atoms with Crippen LogP contribution in [0, 0.1) is 25.5 Å². The van der Waals surface area contributed by atoms with Gasteiger partial charge in [-0.1, -0.05) is 29.8 Å². The molecule has 0 radical (unpaired) electrons. The maximum Gasteiger partial charge on any atom is 0.130 e. The summed E-state index contributed by atoms with van der Waals surface area (Å²) < 4.78 is 27.1. The highest BCUT2D eigenvalue weighted by atomic mass is 19.1. The highest BCUT2D eigenvalue weighted by molar-refractivity contribution is 5.32. The molecule has 2 rings (SSSR count). The van der Waals surface area contributed by atoms with Crippen LogP contribution in [0.3, 0.4) is 0 Å². The van der Waals surface area contributed by atoms with Crippen LogP contribution < -0.4 is 5.32 Å². The minimum Gasteiger partial charge on any atom is -0.306 e. The Balaban J connectivity index is 2.13. The molecule has 1 unspecified atom stereocenters. The van der Waals surface area contributed by atoms with Gasteiger partial charge in [-0.05, 0) is 44.0 Å². The Kier molecular flexibility index (Phi) is 4.50. The molecule has 1 N–H and O–H groups in total. The summed E-state index contributed by atoms with van der Waals surface area (Å²) in [5.74, 6) is -1.02. The Labute approximate surface area is 118 Å².